The molecule has 0 radical (unpaired) electrons. The van der Waals surface area contributed by atoms with Crippen molar-refractivity contribution in [3.63, 3.8) is 0 Å². The van der Waals surface area contributed by atoms with Gasteiger partial charge in [0.2, 0.25) is 0 Å². The first kappa shape index (κ1) is 28.8. The third-order valence-corrected chi connectivity index (χ3v) is 8.51. The van der Waals surface area contributed by atoms with Gasteiger partial charge in [-0.15, -0.1) is 0 Å². The molecule has 7 atom stereocenters. The number of nitrogens with zero attached hydrogens (tertiary/aromatic N) is 1. The normalized spacial score (nSPS) is 26.5. The summed E-state index contributed by atoms with van der Waals surface area (Å²) in [7, 11) is 0. The van der Waals surface area contributed by atoms with Gasteiger partial charge in [0.05, 0.1) is 45.2 Å². The summed E-state index contributed by atoms with van der Waals surface area (Å²) in [6.07, 6.45) is -0.561. The van der Waals surface area contributed by atoms with Gasteiger partial charge in [0, 0.05) is 12.0 Å². The van der Waals surface area contributed by atoms with Crippen LogP contribution >= 0.6 is 0 Å². The van der Waals surface area contributed by atoms with Crippen molar-refractivity contribution in [2.24, 2.45) is 5.92 Å². The van der Waals surface area contributed by atoms with Crippen molar-refractivity contribution < 1.29 is 18.9 Å². The Hall–Kier alpha value is -3.32. The number of hydrogen-bond acceptors (Lipinski definition) is 5. The molecule has 0 amide bonds. The molecule has 218 valence electrons. The molecule has 2 fully saturated rings. The molecule has 4 aromatic rings. The smallest absolute Gasteiger partial charge is 0.112 e. The van der Waals surface area contributed by atoms with Crippen molar-refractivity contribution >= 4 is 0 Å². The minimum atomic E-state index is -0.249. The van der Waals surface area contributed by atoms with Crippen molar-refractivity contribution in [1.29, 1.82) is 0 Å². The molecule has 42 heavy (non-hydrogen) atoms. The SMILES string of the molecule is CCN1[C@@H]2[C@H](COCc3ccccc3)[C@@H](OCc3ccccc3)[C@H](OCc3ccccc3)[C@@H](OCc3ccccc3)[C@@H]21. The molecule has 5 heteroatoms. The summed E-state index contributed by atoms with van der Waals surface area (Å²) in [4.78, 5) is 2.54. The Labute approximate surface area is 250 Å². The Morgan fingerprint density at radius 3 is 1.33 bits per heavy atom. The van der Waals surface area contributed by atoms with Gasteiger partial charge in [-0.05, 0) is 28.8 Å². The lowest BCUT2D eigenvalue weighted by atomic mass is 9.82. The van der Waals surface area contributed by atoms with Gasteiger partial charge in [-0.2, -0.15) is 0 Å². The van der Waals surface area contributed by atoms with Gasteiger partial charge in [-0.3, -0.25) is 4.90 Å². The number of benzene rings is 4. The molecule has 1 heterocycles. The fraction of sp³-hybridized carbons (Fsp3) is 0.351. The largest absolute Gasteiger partial charge is 0.376 e. The van der Waals surface area contributed by atoms with Gasteiger partial charge < -0.3 is 18.9 Å². The number of ether oxygens (including phenoxy) is 4. The number of fused-ring (bicyclic) bond motifs is 1. The maximum Gasteiger partial charge on any atom is 0.112 e. The van der Waals surface area contributed by atoms with E-state index < -0.39 is 0 Å². The first-order chi connectivity index (χ1) is 20.8. The highest BCUT2D eigenvalue weighted by molar-refractivity contribution is 5.21. The molecule has 1 unspecified atom stereocenters. The summed E-state index contributed by atoms with van der Waals surface area (Å²) in [6.45, 7) is 5.92. The quantitative estimate of drug-likeness (QED) is 0.161. The predicted octanol–water partition coefficient (Wildman–Crippen LogP) is 6.66. The maximum absolute atomic E-state index is 6.85. The highest BCUT2D eigenvalue weighted by Gasteiger charge is 2.65. The Morgan fingerprint density at radius 1 is 0.476 bits per heavy atom. The van der Waals surface area contributed by atoms with Crippen molar-refractivity contribution in [1.82, 2.24) is 4.90 Å². The van der Waals surface area contributed by atoms with Crippen LogP contribution in [0.3, 0.4) is 0 Å². The molecule has 0 N–H and O–H groups in total. The minimum Gasteiger partial charge on any atom is -0.376 e. The van der Waals surface area contributed by atoms with E-state index in [-0.39, 0.29) is 30.3 Å². The summed E-state index contributed by atoms with van der Waals surface area (Å²) < 4.78 is 26.8. The molecule has 0 aromatic heterocycles. The van der Waals surface area contributed by atoms with Gasteiger partial charge in [0.1, 0.15) is 12.2 Å². The van der Waals surface area contributed by atoms with Crippen LogP contribution in [0.5, 0.6) is 0 Å². The molecule has 0 spiro atoms. The lowest BCUT2D eigenvalue weighted by Gasteiger charge is -2.41. The van der Waals surface area contributed by atoms with E-state index in [9.17, 15) is 0 Å². The Morgan fingerprint density at radius 2 is 0.881 bits per heavy atom. The Balaban J connectivity index is 1.27. The van der Waals surface area contributed by atoms with E-state index in [2.05, 4.69) is 109 Å². The van der Waals surface area contributed by atoms with Crippen LogP contribution in [0.1, 0.15) is 29.2 Å². The van der Waals surface area contributed by atoms with E-state index in [0.29, 0.717) is 39.1 Å². The molecule has 6 rings (SSSR count). The average Bonchev–Trinajstić information content (AvgIpc) is 3.79. The van der Waals surface area contributed by atoms with Crippen molar-refractivity contribution in [2.75, 3.05) is 13.2 Å². The minimum absolute atomic E-state index is 0.120. The lowest BCUT2D eigenvalue weighted by Crippen LogP contribution is -2.55. The van der Waals surface area contributed by atoms with Crippen molar-refractivity contribution in [3.8, 4) is 0 Å². The van der Waals surface area contributed by atoms with Gasteiger partial charge in [0.15, 0.2) is 0 Å². The summed E-state index contributed by atoms with van der Waals surface area (Å²) in [5.74, 6) is 0.153. The first-order valence-corrected chi connectivity index (χ1v) is 15.2. The molecule has 1 aliphatic heterocycles. The Kier molecular flexibility index (Phi) is 9.75. The second-order valence-electron chi connectivity index (χ2n) is 11.3. The second kappa shape index (κ2) is 14.2. The van der Waals surface area contributed by atoms with Crippen LogP contribution in [0.25, 0.3) is 0 Å². The summed E-state index contributed by atoms with van der Waals surface area (Å²) in [5, 5.41) is 0. The lowest BCUT2D eigenvalue weighted by molar-refractivity contribution is -0.185. The Bertz CT molecular complexity index is 1340. The maximum atomic E-state index is 6.85. The number of rotatable bonds is 14. The van der Waals surface area contributed by atoms with E-state index in [4.69, 9.17) is 18.9 Å². The van der Waals surface area contributed by atoms with Gasteiger partial charge in [-0.1, -0.05) is 128 Å². The van der Waals surface area contributed by atoms with E-state index >= 15 is 0 Å². The molecular weight excluding hydrogens is 522 g/mol. The fourth-order valence-electron chi connectivity index (χ4n) is 6.42. The van der Waals surface area contributed by atoms with Crippen LogP contribution in [0.15, 0.2) is 121 Å². The van der Waals surface area contributed by atoms with Gasteiger partial charge >= 0.3 is 0 Å². The zero-order valence-electron chi connectivity index (χ0n) is 24.3. The molecule has 1 aliphatic carbocycles. The first-order valence-electron chi connectivity index (χ1n) is 15.2. The topological polar surface area (TPSA) is 39.9 Å². The third-order valence-electron chi connectivity index (χ3n) is 8.51. The van der Waals surface area contributed by atoms with Crippen LogP contribution in [0.4, 0.5) is 0 Å². The van der Waals surface area contributed by atoms with E-state index in [0.717, 1.165) is 23.2 Å². The van der Waals surface area contributed by atoms with Gasteiger partial charge in [-0.25, -0.2) is 0 Å². The highest BCUT2D eigenvalue weighted by Crippen LogP contribution is 2.48. The molecule has 0 bridgehead atoms. The standard InChI is InChI=1S/C37H41NO4/c1-2-38-33-32(27-39-23-28-15-7-3-8-16-28)35(40-24-29-17-9-4-10-18-29)37(42-26-31-21-13-6-14-22-31)36(34(33)38)41-25-30-19-11-5-12-20-30/h3-22,32-37H,2,23-27H2,1H3/t32-,33+,34+,35+,36-,37-,38?/m0/s1. The molecule has 1 saturated heterocycles. The van der Waals surface area contributed by atoms with Crippen LogP contribution < -0.4 is 0 Å². The van der Waals surface area contributed by atoms with Crippen LogP contribution in [0, 0.1) is 5.92 Å². The molecule has 2 aliphatic rings. The van der Waals surface area contributed by atoms with E-state index in [1.165, 1.54) is 5.56 Å². The van der Waals surface area contributed by atoms with Crippen LogP contribution in [0.2, 0.25) is 0 Å². The highest BCUT2D eigenvalue weighted by atomic mass is 16.6. The molecule has 1 saturated carbocycles. The van der Waals surface area contributed by atoms with E-state index in [1.807, 2.05) is 24.3 Å². The number of likely N-dealkylation sites (N-methyl/N-ethyl adjacent to an activating group) is 1. The third kappa shape index (κ3) is 7.00. The average molecular weight is 564 g/mol. The monoisotopic (exact) mass is 563 g/mol. The zero-order chi connectivity index (χ0) is 28.6. The molecule has 4 aromatic carbocycles. The van der Waals surface area contributed by atoms with Crippen LogP contribution in [-0.2, 0) is 45.4 Å². The summed E-state index contributed by atoms with van der Waals surface area (Å²) >= 11 is 0. The summed E-state index contributed by atoms with van der Waals surface area (Å²) in [5.41, 5.74) is 4.63. The predicted molar refractivity (Wildman–Crippen MR) is 165 cm³/mol. The molecular formula is C37H41NO4. The number of hydrogen-bond donors (Lipinski definition) is 0. The zero-order valence-corrected chi connectivity index (χ0v) is 24.3. The van der Waals surface area contributed by atoms with Gasteiger partial charge in [0.25, 0.3) is 0 Å². The van der Waals surface area contributed by atoms with Crippen LogP contribution in [-0.4, -0.2) is 48.4 Å². The number of likely N-dealkylation sites (tertiary alicyclic amines) is 1. The van der Waals surface area contributed by atoms with E-state index in [1.54, 1.807) is 0 Å². The second-order valence-corrected chi connectivity index (χ2v) is 11.3. The fourth-order valence-corrected chi connectivity index (χ4v) is 6.42. The van der Waals surface area contributed by atoms with Crippen molar-refractivity contribution in [2.45, 2.75) is 63.7 Å². The summed E-state index contributed by atoms with van der Waals surface area (Å²) in [6, 6.07) is 42.1. The molecule has 5 nitrogen and oxygen atoms in total. The van der Waals surface area contributed by atoms with Crippen molar-refractivity contribution in [3.05, 3.63) is 144 Å².